The molecule has 0 spiro atoms. The van der Waals surface area contributed by atoms with E-state index in [4.69, 9.17) is 0 Å². The molecule has 2 saturated heterocycles. The van der Waals surface area contributed by atoms with Crippen LogP contribution in [0, 0.1) is 0 Å². The highest BCUT2D eigenvalue weighted by Gasteiger charge is 2.36. The van der Waals surface area contributed by atoms with Crippen LogP contribution in [0.5, 0.6) is 0 Å². The minimum atomic E-state index is 0.0486. The van der Waals surface area contributed by atoms with Crippen LogP contribution in [0.3, 0.4) is 0 Å². The maximum Gasteiger partial charge on any atom is 0.318 e. The van der Waals surface area contributed by atoms with Crippen molar-refractivity contribution in [3.63, 3.8) is 0 Å². The highest BCUT2D eigenvalue weighted by atomic mass is 16.2. The molecule has 0 aromatic heterocycles. The zero-order valence-corrected chi connectivity index (χ0v) is 13.0. The van der Waals surface area contributed by atoms with E-state index in [9.17, 15) is 4.79 Å². The third-order valence-electron chi connectivity index (χ3n) is 4.84. The summed E-state index contributed by atoms with van der Waals surface area (Å²) in [5, 5.41) is 3.14. The molecule has 2 heterocycles. The zero-order chi connectivity index (χ0) is 14.8. The summed E-state index contributed by atoms with van der Waals surface area (Å²) < 4.78 is 0. The van der Waals surface area contributed by atoms with Crippen molar-refractivity contribution in [2.24, 2.45) is 0 Å². The number of hydrogen-bond acceptors (Lipinski definition) is 2. The van der Waals surface area contributed by atoms with Gasteiger partial charge in [-0.25, -0.2) is 4.79 Å². The van der Waals surface area contributed by atoms with Gasteiger partial charge in [0.1, 0.15) is 0 Å². The molecule has 1 aromatic carbocycles. The molecule has 4 nitrogen and oxygen atoms in total. The Morgan fingerprint density at radius 3 is 2.81 bits per heavy atom. The first-order valence-corrected chi connectivity index (χ1v) is 8.01. The van der Waals surface area contributed by atoms with Gasteiger partial charge in [0.05, 0.1) is 6.04 Å². The van der Waals surface area contributed by atoms with Gasteiger partial charge in [0.15, 0.2) is 0 Å². The molecule has 21 heavy (non-hydrogen) atoms. The van der Waals surface area contributed by atoms with E-state index in [0.29, 0.717) is 12.1 Å². The van der Waals surface area contributed by atoms with E-state index in [1.165, 1.54) is 19.4 Å². The minimum Gasteiger partial charge on any atom is -0.331 e. The molecule has 4 heteroatoms. The normalized spacial score (nSPS) is 27.2. The molecular formula is C17H25N3O. The van der Waals surface area contributed by atoms with Gasteiger partial charge in [-0.1, -0.05) is 30.3 Å². The number of hydrogen-bond donors (Lipinski definition) is 1. The minimum absolute atomic E-state index is 0.0486. The van der Waals surface area contributed by atoms with Crippen molar-refractivity contribution in [2.45, 2.75) is 44.8 Å². The lowest BCUT2D eigenvalue weighted by molar-refractivity contribution is 0.0793. The number of carbonyl (C=O) groups excluding carboxylic acids is 1. The van der Waals surface area contributed by atoms with Crippen molar-refractivity contribution in [3.05, 3.63) is 35.9 Å². The second-order valence-electron chi connectivity index (χ2n) is 6.37. The van der Waals surface area contributed by atoms with Crippen molar-refractivity contribution >= 4 is 6.03 Å². The molecule has 0 saturated carbocycles. The Morgan fingerprint density at radius 1 is 1.29 bits per heavy atom. The van der Waals surface area contributed by atoms with Crippen LogP contribution in [0.25, 0.3) is 0 Å². The van der Waals surface area contributed by atoms with Crippen LogP contribution in [-0.4, -0.2) is 47.5 Å². The number of nitrogens with zero attached hydrogens (tertiary/aromatic N) is 2. The van der Waals surface area contributed by atoms with E-state index >= 15 is 0 Å². The van der Waals surface area contributed by atoms with Gasteiger partial charge < -0.3 is 10.2 Å². The predicted molar refractivity (Wildman–Crippen MR) is 84.2 cm³/mol. The molecule has 0 aliphatic carbocycles. The lowest BCUT2D eigenvalue weighted by atomic mass is 10.1. The van der Waals surface area contributed by atoms with Crippen molar-refractivity contribution in [1.82, 2.24) is 15.1 Å². The molecular weight excluding hydrogens is 262 g/mol. The SMILES string of the molecule is CC(NC(=O)N1CC2CCCN2CC1C)c1ccccc1. The number of rotatable bonds is 2. The number of urea groups is 1. The summed E-state index contributed by atoms with van der Waals surface area (Å²) in [5.74, 6) is 0. The molecule has 0 bridgehead atoms. The Bertz CT molecular complexity index is 490. The Balaban J connectivity index is 1.62. The number of amides is 2. The van der Waals surface area contributed by atoms with Crippen molar-refractivity contribution in [2.75, 3.05) is 19.6 Å². The highest BCUT2D eigenvalue weighted by molar-refractivity contribution is 5.75. The van der Waals surface area contributed by atoms with Gasteiger partial charge in [-0.15, -0.1) is 0 Å². The highest BCUT2D eigenvalue weighted by Crippen LogP contribution is 2.25. The fraction of sp³-hybridized carbons (Fsp3) is 0.588. The molecule has 2 aliphatic heterocycles. The van der Waals surface area contributed by atoms with Crippen LogP contribution in [0.15, 0.2) is 30.3 Å². The van der Waals surface area contributed by atoms with Crippen molar-refractivity contribution in [1.29, 1.82) is 0 Å². The number of piperazine rings is 1. The molecule has 2 fully saturated rings. The average molecular weight is 287 g/mol. The molecule has 3 unspecified atom stereocenters. The van der Waals surface area contributed by atoms with Crippen LogP contribution in [0.2, 0.25) is 0 Å². The maximum absolute atomic E-state index is 12.6. The van der Waals surface area contributed by atoms with E-state index < -0.39 is 0 Å². The molecule has 3 rings (SSSR count). The third kappa shape index (κ3) is 3.05. The number of fused-ring (bicyclic) bond motifs is 1. The summed E-state index contributed by atoms with van der Waals surface area (Å²) in [6.07, 6.45) is 2.50. The first kappa shape index (κ1) is 14.4. The number of carbonyl (C=O) groups is 1. The van der Waals surface area contributed by atoms with Gasteiger partial charge in [0.25, 0.3) is 0 Å². The fourth-order valence-electron chi connectivity index (χ4n) is 3.56. The third-order valence-corrected chi connectivity index (χ3v) is 4.84. The molecule has 2 amide bonds. The van der Waals surface area contributed by atoms with Crippen LogP contribution < -0.4 is 5.32 Å². The maximum atomic E-state index is 12.6. The molecule has 114 valence electrons. The smallest absolute Gasteiger partial charge is 0.318 e. The Morgan fingerprint density at radius 2 is 2.05 bits per heavy atom. The van der Waals surface area contributed by atoms with Gasteiger partial charge in [0.2, 0.25) is 0 Å². The van der Waals surface area contributed by atoms with Gasteiger partial charge in [-0.3, -0.25) is 4.90 Å². The Labute approximate surface area is 127 Å². The van der Waals surface area contributed by atoms with E-state index in [0.717, 1.165) is 18.7 Å². The van der Waals surface area contributed by atoms with E-state index in [2.05, 4.69) is 29.3 Å². The summed E-state index contributed by atoms with van der Waals surface area (Å²) in [4.78, 5) is 17.1. The number of nitrogens with one attached hydrogen (secondary N) is 1. The number of benzene rings is 1. The van der Waals surface area contributed by atoms with Gasteiger partial charge in [-0.2, -0.15) is 0 Å². The van der Waals surface area contributed by atoms with E-state index in [-0.39, 0.29) is 12.1 Å². The molecule has 3 atom stereocenters. The standard InChI is InChI=1S/C17H25N3O/c1-13-11-19-10-6-9-16(19)12-20(13)17(21)18-14(2)15-7-4-3-5-8-15/h3-5,7-8,13-14,16H,6,9-12H2,1-2H3,(H,18,21). The summed E-state index contributed by atoms with van der Waals surface area (Å²) in [6, 6.07) is 11.1. The topological polar surface area (TPSA) is 35.6 Å². The first-order valence-electron chi connectivity index (χ1n) is 8.01. The van der Waals surface area contributed by atoms with Crippen LogP contribution in [0.4, 0.5) is 4.79 Å². The zero-order valence-electron chi connectivity index (χ0n) is 13.0. The van der Waals surface area contributed by atoms with E-state index in [1.54, 1.807) is 0 Å². The predicted octanol–water partition coefficient (Wildman–Crippen LogP) is 2.63. The lowest BCUT2D eigenvalue weighted by Crippen LogP contribution is -2.59. The summed E-state index contributed by atoms with van der Waals surface area (Å²) in [6.45, 7) is 7.28. The van der Waals surface area contributed by atoms with E-state index in [1.807, 2.05) is 30.0 Å². The second-order valence-corrected chi connectivity index (χ2v) is 6.37. The largest absolute Gasteiger partial charge is 0.331 e. The Hall–Kier alpha value is -1.55. The van der Waals surface area contributed by atoms with Gasteiger partial charge in [-0.05, 0) is 38.8 Å². The van der Waals surface area contributed by atoms with Crippen LogP contribution in [0.1, 0.15) is 38.3 Å². The summed E-state index contributed by atoms with van der Waals surface area (Å²) in [7, 11) is 0. The first-order chi connectivity index (χ1) is 10.1. The monoisotopic (exact) mass is 287 g/mol. The van der Waals surface area contributed by atoms with Gasteiger partial charge >= 0.3 is 6.03 Å². The lowest BCUT2D eigenvalue weighted by Gasteiger charge is -2.42. The Kier molecular flexibility index (Phi) is 4.15. The summed E-state index contributed by atoms with van der Waals surface area (Å²) in [5.41, 5.74) is 1.15. The quantitative estimate of drug-likeness (QED) is 0.907. The summed E-state index contributed by atoms with van der Waals surface area (Å²) >= 11 is 0. The average Bonchev–Trinajstić information content (AvgIpc) is 2.94. The molecule has 0 radical (unpaired) electrons. The van der Waals surface area contributed by atoms with Crippen LogP contribution in [-0.2, 0) is 0 Å². The van der Waals surface area contributed by atoms with Crippen molar-refractivity contribution in [3.8, 4) is 0 Å². The van der Waals surface area contributed by atoms with Crippen LogP contribution >= 0.6 is 0 Å². The van der Waals surface area contributed by atoms with Gasteiger partial charge in [0, 0.05) is 25.2 Å². The molecule has 1 N–H and O–H groups in total. The molecule has 1 aromatic rings. The van der Waals surface area contributed by atoms with Crippen molar-refractivity contribution < 1.29 is 4.79 Å². The second kappa shape index (κ2) is 6.06. The fourth-order valence-corrected chi connectivity index (χ4v) is 3.56. The molecule has 2 aliphatic rings.